The van der Waals surface area contributed by atoms with Crippen LogP contribution in [0.1, 0.15) is 15.7 Å². The number of aromatic nitrogens is 2. The molecule has 6 heteroatoms. The standard InChI is InChI=1S/C11H10BrN3OS/c12-8-4-10(17-7-8)11(16)14-5-9(6-14)15-3-1-2-13-15/h1-4,7,9H,5-6H2. The normalized spacial score (nSPS) is 15.9. The fourth-order valence-corrected chi connectivity index (χ4v) is 3.26. The monoisotopic (exact) mass is 311 g/mol. The van der Waals surface area contributed by atoms with Crippen LogP contribution >= 0.6 is 27.3 Å². The van der Waals surface area contributed by atoms with Crippen molar-refractivity contribution in [1.29, 1.82) is 0 Å². The Morgan fingerprint density at radius 1 is 1.53 bits per heavy atom. The van der Waals surface area contributed by atoms with Crippen LogP contribution < -0.4 is 0 Å². The molecule has 1 aliphatic heterocycles. The van der Waals surface area contributed by atoms with E-state index in [4.69, 9.17) is 0 Å². The second-order valence-corrected chi connectivity index (χ2v) is 5.81. The van der Waals surface area contributed by atoms with Crippen LogP contribution in [0.5, 0.6) is 0 Å². The molecule has 3 rings (SSSR count). The third kappa shape index (κ3) is 2.02. The van der Waals surface area contributed by atoms with Gasteiger partial charge in [0.2, 0.25) is 0 Å². The van der Waals surface area contributed by atoms with Gasteiger partial charge in [0.05, 0.1) is 10.9 Å². The number of rotatable bonds is 2. The first-order chi connectivity index (χ1) is 8.24. The van der Waals surface area contributed by atoms with E-state index in [0.717, 1.165) is 22.4 Å². The van der Waals surface area contributed by atoms with E-state index in [1.165, 1.54) is 11.3 Å². The van der Waals surface area contributed by atoms with Crippen molar-refractivity contribution in [3.8, 4) is 0 Å². The maximum Gasteiger partial charge on any atom is 0.264 e. The van der Waals surface area contributed by atoms with Gasteiger partial charge in [0.25, 0.3) is 5.91 Å². The van der Waals surface area contributed by atoms with Crippen LogP contribution in [0.2, 0.25) is 0 Å². The van der Waals surface area contributed by atoms with E-state index in [-0.39, 0.29) is 5.91 Å². The highest BCUT2D eigenvalue weighted by atomic mass is 79.9. The Hall–Kier alpha value is -1.14. The molecule has 1 amide bonds. The molecule has 1 fully saturated rings. The van der Waals surface area contributed by atoms with Gasteiger partial charge < -0.3 is 4.90 Å². The van der Waals surface area contributed by atoms with Gasteiger partial charge in [0, 0.05) is 35.3 Å². The Morgan fingerprint density at radius 2 is 2.35 bits per heavy atom. The summed E-state index contributed by atoms with van der Waals surface area (Å²) in [4.78, 5) is 14.7. The van der Waals surface area contributed by atoms with Crippen LogP contribution in [0.3, 0.4) is 0 Å². The predicted molar refractivity (Wildman–Crippen MR) is 69.2 cm³/mol. The zero-order valence-electron chi connectivity index (χ0n) is 8.91. The molecule has 0 aliphatic carbocycles. The lowest BCUT2D eigenvalue weighted by atomic mass is 10.1. The van der Waals surface area contributed by atoms with Crippen molar-refractivity contribution < 1.29 is 4.79 Å². The van der Waals surface area contributed by atoms with Crippen LogP contribution in [0.15, 0.2) is 34.4 Å². The summed E-state index contributed by atoms with van der Waals surface area (Å²) in [6.45, 7) is 1.49. The quantitative estimate of drug-likeness (QED) is 0.854. The molecule has 88 valence electrons. The molecular formula is C11H10BrN3OS. The summed E-state index contributed by atoms with van der Waals surface area (Å²) in [6.07, 6.45) is 3.70. The molecule has 0 N–H and O–H groups in total. The first-order valence-corrected chi connectivity index (χ1v) is 6.94. The van der Waals surface area contributed by atoms with E-state index in [0.29, 0.717) is 6.04 Å². The molecule has 0 saturated carbocycles. The summed E-state index contributed by atoms with van der Waals surface area (Å²) >= 11 is 4.83. The summed E-state index contributed by atoms with van der Waals surface area (Å²) in [6, 6.07) is 4.10. The van der Waals surface area contributed by atoms with E-state index in [9.17, 15) is 4.79 Å². The number of amides is 1. The minimum atomic E-state index is 0.115. The van der Waals surface area contributed by atoms with Crippen molar-refractivity contribution in [3.63, 3.8) is 0 Å². The number of thiophene rings is 1. The lowest BCUT2D eigenvalue weighted by Gasteiger charge is -2.38. The summed E-state index contributed by atoms with van der Waals surface area (Å²) in [5.74, 6) is 0.115. The van der Waals surface area contributed by atoms with Gasteiger partial charge >= 0.3 is 0 Å². The van der Waals surface area contributed by atoms with Crippen molar-refractivity contribution in [1.82, 2.24) is 14.7 Å². The highest BCUT2D eigenvalue weighted by Crippen LogP contribution is 2.26. The molecule has 2 aromatic heterocycles. The Bertz CT molecular complexity index is 531. The van der Waals surface area contributed by atoms with Gasteiger partial charge in [-0.1, -0.05) is 0 Å². The number of halogens is 1. The average molecular weight is 312 g/mol. The van der Waals surface area contributed by atoms with E-state index in [2.05, 4.69) is 21.0 Å². The maximum atomic E-state index is 12.0. The average Bonchev–Trinajstić information content (AvgIpc) is 2.86. The van der Waals surface area contributed by atoms with Gasteiger partial charge in [-0.05, 0) is 28.1 Å². The van der Waals surface area contributed by atoms with Gasteiger partial charge in [0.15, 0.2) is 0 Å². The minimum Gasteiger partial charge on any atom is -0.334 e. The zero-order chi connectivity index (χ0) is 11.8. The third-order valence-corrected chi connectivity index (χ3v) is 4.51. The van der Waals surface area contributed by atoms with Crippen molar-refractivity contribution in [2.45, 2.75) is 6.04 Å². The molecule has 3 heterocycles. The maximum absolute atomic E-state index is 12.0. The van der Waals surface area contributed by atoms with E-state index in [1.807, 2.05) is 33.3 Å². The Kier molecular flexibility index (Phi) is 2.76. The van der Waals surface area contributed by atoms with E-state index >= 15 is 0 Å². The molecule has 2 aromatic rings. The highest BCUT2D eigenvalue weighted by molar-refractivity contribution is 9.10. The zero-order valence-corrected chi connectivity index (χ0v) is 11.3. The summed E-state index contributed by atoms with van der Waals surface area (Å²) < 4.78 is 2.88. The SMILES string of the molecule is O=C(c1cc(Br)cs1)N1CC(n2cccn2)C1. The largest absolute Gasteiger partial charge is 0.334 e. The first-order valence-electron chi connectivity index (χ1n) is 5.26. The van der Waals surface area contributed by atoms with Crippen molar-refractivity contribution in [2.24, 2.45) is 0 Å². The first kappa shape index (κ1) is 11.0. The van der Waals surface area contributed by atoms with Gasteiger partial charge in [-0.3, -0.25) is 9.48 Å². The van der Waals surface area contributed by atoms with Crippen LogP contribution in [0.25, 0.3) is 0 Å². The molecule has 0 unspecified atom stereocenters. The smallest absolute Gasteiger partial charge is 0.264 e. The predicted octanol–water partition coefficient (Wildman–Crippen LogP) is 2.40. The number of hydrogen-bond acceptors (Lipinski definition) is 3. The third-order valence-electron chi connectivity index (χ3n) is 2.83. The van der Waals surface area contributed by atoms with Crippen LogP contribution in [0.4, 0.5) is 0 Å². The molecule has 0 spiro atoms. The fourth-order valence-electron chi connectivity index (χ4n) is 1.87. The summed E-state index contributed by atoms with van der Waals surface area (Å²) in [7, 11) is 0. The Labute approximate surface area is 111 Å². The molecule has 0 radical (unpaired) electrons. The van der Waals surface area contributed by atoms with E-state index < -0.39 is 0 Å². The molecule has 0 bridgehead atoms. The minimum absolute atomic E-state index is 0.115. The van der Waals surface area contributed by atoms with Crippen LogP contribution in [-0.2, 0) is 0 Å². The van der Waals surface area contributed by atoms with Crippen LogP contribution in [-0.4, -0.2) is 33.7 Å². The molecule has 17 heavy (non-hydrogen) atoms. The lowest BCUT2D eigenvalue weighted by molar-refractivity contribution is 0.0506. The van der Waals surface area contributed by atoms with Crippen molar-refractivity contribution in [3.05, 3.63) is 39.3 Å². The molecule has 0 aromatic carbocycles. The number of nitrogens with zero attached hydrogens (tertiary/aromatic N) is 3. The lowest BCUT2D eigenvalue weighted by Crippen LogP contribution is -2.50. The van der Waals surface area contributed by atoms with Crippen molar-refractivity contribution >= 4 is 33.2 Å². The topological polar surface area (TPSA) is 38.1 Å². The van der Waals surface area contributed by atoms with Gasteiger partial charge in [-0.15, -0.1) is 11.3 Å². The molecular weight excluding hydrogens is 302 g/mol. The second-order valence-electron chi connectivity index (χ2n) is 3.98. The number of carbonyl (C=O) groups excluding carboxylic acids is 1. The molecule has 0 atom stereocenters. The Morgan fingerprint density at radius 3 is 2.94 bits per heavy atom. The van der Waals surface area contributed by atoms with Gasteiger partial charge in [0.1, 0.15) is 0 Å². The Balaban J connectivity index is 1.64. The molecule has 1 saturated heterocycles. The number of carbonyl (C=O) groups is 1. The summed E-state index contributed by atoms with van der Waals surface area (Å²) in [5, 5.41) is 6.11. The van der Waals surface area contributed by atoms with Gasteiger partial charge in [-0.25, -0.2) is 0 Å². The highest BCUT2D eigenvalue weighted by Gasteiger charge is 2.33. The van der Waals surface area contributed by atoms with E-state index in [1.54, 1.807) is 6.20 Å². The second kappa shape index (κ2) is 4.27. The number of likely N-dealkylation sites (tertiary alicyclic amines) is 1. The van der Waals surface area contributed by atoms with Crippen LogP contribution in [0, 0.1) is 0 Å². The number of hydrogen-bond donors (Lipinski definition) is 0. The van der Waals surface area contributed by atoms with Crippen molar-refractivity contribution in [2.75, 3.05) is 13.1 Å². The molecule has 1 aliphatic rings. The fraction of sp³-hybridized carbons (Fsp3) is 0.273. The molecule has 4 nitrogen and oxygen atoms in total. The summed E-state index contributed by atoms with van der Waals surface area (Å²) in [5.41, 5.74) is 0. The van der Waals surface area contributed by atoms with Gasteiger partial charge in [-0.2, -0.15) is 5.10 Å².